The van der Waals surface area contributed by atoms with Crippen LogP contribution in [0, 0.1) is 5.41 Å². The number of fused-ring (bicyclic) bond motifs is 1. The van der Waals surface area contributed by atoms with Gasteiger partial charge in [-0.15, -0.1) is 0 Å². The number of amides is 2. The Hall–Kier alpha value is -3.21. The molecule has 3 heterocycles. The van der Waals surface area contributed by atoms with Crippen LogP contribution in [-0.4, -0.2) is 151 Å². The second-order valence-electron chi connectivity index (χ2n) is 13.3. The summed E-state index contributed by atoms with van der Waals surface area (Å²) in [4.78, 5) is 94.7. The summed E-state index contributed by atoms with van der Waals surface area (Å²) in [6, 6.07) is 0. The van der Waals surface area contributed by atoms with Gasteiger partial charge in [0, 0.05) is 37.1 Å². The van der Waals surface area contributed by atoms with E-state index in [9.17, 15) is 62.7 Å². The van der Waals surface area contributed by atoms with Gasteiger partial charge in [-0.2, -0.15) is 16.9 Å². The number of ether oxygens (including phenoxy) is 1. The highest BCUT2D eigenvalue weighted by atomic mass is 32.1. The minimum atomic E-state index is -5.54. The molecule has 3 unspecified atom stereocenters. The van der Waals surface area contributed by atoms with Gasteiger partial charge < -0.3 is 66.2 Å². The molecule has 0 aromatic carbocycles. The largest absolute Gasteiger partial charge is 0.481 e. The number of thiol groups is 1. The van der Waals surface area contributed by atoms with Crippen molar-refractivity contribution in [3.05, 3.63) is 12.7 Å². The number of imidazole rings is 1. The molecule has 32 heteroatoms. The second-order valence-corrected chi connectivity index (χ2v) is 18.0. The van der Waals surface area contributed by atoms with Gasteiger partial charge in [-0.25, -0.2) is 33.4 Å². The van der Waals surface area contributed by atoms with E-state index >= 15 is 0 Å². The molecule has 2 aromatic heterocycles. The number of aromatic nitrogens is 4. The molecule has 342 valence electrons. The van der Waals surface area contributed by atoms with Crippen molar-refractivity contribution in [1.82, 2.24) is 30.2 Å². The normalized spacial score (nSPS) is 21.2. The Bertz CT molecular complexity index is 1920. The Morgan fingerprint density at radius 1 is 0.983 bits per heavy atom. The van der Waals surface area contributed by atoms with E-state index in [4.69, 9.17) is 34.8 Å². The van der Waals surface area contributed by atoms with Gasteiger partial charge >= 0.3 is 35.4 Å². The van der Waals surface area contributed by atoms with E-state index < -0.39 is 96.7 Å². The lowest BCUT2D eigenvalue weighted by Gasteiger charge is -2.30. The van der Waals surface area contributed by atoms with Crippen LogP contribution in [0.3, 0.4) is 0 Å². The first-order chi connectivity index (χ1) is 27.7. The summed E-state index contributed by atoms with van der Waals surface area (Å²) < 4.78 is 61.7. The Balaban J connectivity index is 0.000000894. The van der Waals surface area contributed by atoms with Crippen LogP contribution in [0.15, 0.2) is 12.7 Å². The number of nitrogen functional groups attached to an aromatic ring is 1. The highest BCUT2D eigenvalue weighted by Gasteiger charge is 2.50. The number of carboxylic acid groups (broad SMARTS) is 2. The molecule has 1 saturated heterocycles. The van der Waals surface area contributed by atoms with Gasteiger partial charge in [0.05, 0.1) is 19.5 Å². The molecule has 1 aliphatic heterocycles. The van der Waals surface area contributed by atoms with Gasteiger partial charge in [0.1, 0.15) is 36.3 Å². The number of aliphatic hydroxyl groups excluding tert-OH is 3. The Labute approximate surface area is 345 Å². The predicted octanol–water partition coefficient (Wildman–Crippen LogP) is -1.59. The molecule has 0 spiro atoms. The molecule has 60 heavy (non-hydrogen) atoms. The van der Waals surface area contributed by atoms with Crippen LogP contribution in [0.25, 0.3) is 11.2 Å². The van der Waals surface area contributed by atoms with E-state index in [-0.39, 0.29) is 48.7 Å². The number of nitrogens with two attached hydrogens (primary N) is 1. The van der Waals surface area contributed by atoms with Crippen molar-refractivity contribution < 1.29 is 101 Å². The number of carbonyl (C=O) groups excluding carboxylic acids is 2. The number of anilines is 1. The number of hydrogen-bond donors (Lipinski definition) is 13. The minimum absolute atomic E-state index is 0.0202. The van der Waals surface area contributed by atoms with Gasteiger partial charge in [-0.05, 0) is 19.3 Å². The maximum Gasteiger partial charge on any atom is 0.481 e. The standard InChI is InChI=1S/C21H36N7O16P3S.C7H12O5/c1-21(2,16(31)19(32)24-4-3-12(29)23-5-6-48)8-41-47(38,39)44-46(36,37)40-7-11-15(43-45(33,34)35)14(30)20(42-11)28-10-27-13-17(22)25-9-26-18(13)28;8-5(7(11)12)3-1-2-4-6(9)10/h9-11,14-16,20,30-31,48H,3-8H2,1-2H3,(H,23,29)(H,24,32)(H,36,37)(H,38,39)(H2,22,25,26)(H2,33,34,35);5,8H,1-4H2,(H,9,10)(H,11,12)/t11-,14-,15-,16+,20-;/m1./s1. The third-order valence-electron chi connectivity index (χ3n) is 7.91. The van der Waals surface area contributed by atoms with Crippen LogP contribution in [0.1, 0.15) is 52.2 Å². The zero-order valence-electron chi connectivity index (χ0n) is 31.8. The van der Waals surface area contributed by atoms with E-state index in [0.717, 1.165) is 17.2 Å². The maximum atomic E-state index is 12.6. The van der Waals surface area contributed by atoms with Gasteiger partial charge in [-0.3, -0.25) is 32.5 Å². The Kier molecular flexibility index (Phi) is 20.5. The minimum Gasteiger partial charge on any atom is -0.481 e. The lowest BCUT2D eigenvalue weighted by molar-refractivity contribution is -0.147. The fourth-order valence-corrected chi connectivity index (χ4v) is 7.81. The molecule has 2 aromatic rings. The van der Waals surface area contributed by atoms with Crippen molar-refractivity contribution in [3.8, 4) is 0 Å². The molecule has 13 N–H and O–H groups in total. The molecule has 1 aliphatic rings. The fourth-order valence-electron chi connectivity index (χ4n) is 4.87. The Morgan fingerprint density at radius 3 is 2.23 bits per heavy atom. The zero-order valence-corrected chi connectivity index (χ0v) is 35.3. The smallest absolute Gasteiger partial charge is 0.481 e. The van der Waals surface area contributed by atoms with Crippen LogP contribution in [0.4, 0.5) is 5.82 Å². The molecule has 0 bridgehead atoms. The third kappa shape index (κ3) is 17.6. The summed E-state index contributed by atoms with van der Waals surface area (Å²) in [7, 11) is -16.3. The number of aliphatic carboxylic acids is 2. The number of rotatable bonds is 24. The molecular formula is C28H48N7O21P3S. The summed E-state index contributed by atoms with van der Waals surface area (Å²) in [6.07, 6.45) is -7.15. The monoisotopic (exact) mass is 943 g/mol. The van der Waals surface area contributed by atoms with E-state index in [0.29, 0.717) is 25.1 Å². The highest BCUT2D eigenvalue weighted by molar-refractivity contribution is 7.80. The van der Waals surface area contributed by atoms with E-state index in [2.05, 4.69) is 47.0 Å². The van der Waals surface area contributed by atoms with Crippen molar-refractivity contribution in [1.29, 1.82) is 0 Å². The average molecular weight is 944 g/mol. The summed E-state index contributed by atoms with van der Waals surface area (Å²) in [5.74, 6) is -3.11. The molecule has 2 amide bonds. The van der Waals surface area contributed by atoms with Crippen LogP contribution in [-0.2, 0) is 55.5 Å². The van der Waals surface area contributed by atoms with Crippen LogP contribution in [0.5, 0.6) is 0 Å². The summed E-state index contributed by atoms with van der Waals surface area (Å²) in [5, 5.41) is 51.3. The molecule has 8 atom stereocenters. The van der Waals surface area contributed by atoms with Crippen molar-refractivity contribution in [2.24, 2.45) is 5.41 Å². The average Bonchev–Trinajstić information content (AvgIpc) is 3.70. The molecule has 0 radical (unpaired) electrons. The third-order valence-corrected chi connectivity index (χ3v) is 11.2. The summed E-state index contributed by atoms with van der Waals surface area (Å²) in [5.41, 5.74) is 4.30. The van der Waals surface area contributed by atoms with E-state index in [1.54, 1.807) is 0 Å². The first-order valence-corrected chi connectivity index (χ1v) is 22.5. The van der Waals surface area contributed by atoms with Gasteiger partial charge in [0.15, 0.2) is 23.8 Å². The van der Waals surface area contributed by atoms with Crippen molar-refractivity contribution in [3.63, 3.8) is 0 Å². The number of phosphoric ester groups is 3. The molecule has 3 rings (SSSR count). The number of nitrogens with one attached hydrogen (secondary N) is 2. The van der Waals surface area contributed by atoms with Crippen molar-refractivity contribution in [2.75, 3.05) is 37.8 Å². The number of unbranched alkanes of at least 4 members (excludes halogenated alkanes) is 1. The fraction of sp³-hybridized carbons (Fsp3) is 0.679. The number of carboxylic acids is 2. The van der Waals surface area contributed by atoms with Gasteiger partial charge in [0.25, 0.3) is 0 Å². The summed E-state index contributed by atoms with van der Waals surface area (Å²) >= 11 is 3.95. The SMILES string of the molecule is CC(C)(COP(=O)(O)OP(=O)(O)OC[C@H]1O[C@@H](n2cnc3c(N)ncnc32)[C@H](O)[C@@H]1OP(=O)(O)O)[C@@H](O)C(=O)NCCC(=O)NCCS.O=C(O)CCCCC(O)C(=O)O. The van der Waals surface area contributed by atoms with Crippen molar-refractivity contribution >= 4 is 76.8 Å². The molecule has 28 nitrogen and oxygen atoms in total. The lowest BCUT2D eigenvalue weighted by Crippen LogP contribution is -2.46. The van der Waals surface area contributed by atoms with E-state index in [1.807, 2.05) is 0 Å². The van der Waals surface area contributed by atoms with Crippen LogP contribution >= 0.6 is 36.1 Å². The number of carbonyl (C=O) groups is 4. The number of phosphoric acid groups is 3. The molecule has 1 fully saturated rings. The number of nitrogens with zero attached hydrogens (tertiary/aromatic N) is 4. The maximum absolute atomic E-state index is 12.6. The topological polar surface area (TPSA) is 441 Å². The predicted molar refractivity (Wildman–Crippen MR) is 203 cm³/mol. The molecular weight excluding hydrogens is 895 g/mol. The first kappa shape index (κ1) is 52.9. The number of aliphatic hydroxyl groups is 3. The van der Waals surface area contributed by atoms with Crippen LogP contribution < -0.4 is 16.4 Å². The molecule has 0 saturated carbocycles. The zero-order chi connectivity index (χ0) is 45.6. The van der Waals surface area contributed by atoms with Crippen LogP contribution in [0.2, 0.25) is 0 Å². The first-order valence-electron chi connectivity index (χ1n) is 17.3. The van der Waals surface area contributed by atoms with Gasteiger partial charge in [0.2, 0.25) is 11.8 Å². The second kappa shape index (κ2) is 23.3. The highest BCUT2D eigenvalue weighted by Crippen LogP contribution is 2.61. The van der Waals surface area contributed by atoms with E-state index in [1.165, 1.54) is 13.8 Å². The van der Waals surface area contributed by atoms with Gasteiger partial charge in [-0.1, -0.05) is 13.8 Å². The number of hydrogen-bond acceptors (Lipinski definition) is 20. The quantitative estimate of drug-likeness (QED) is 0.0320. The van der Waals surface area contributed by atoms with Crippen molar-refractivity contribution in [2.45, 2.75) is 82.7 Å². The summed E-state index contributed by atoms with van der Waals surface area (Å²) in [6.45, 7) is 0.723. The Morgan fingerprint density at radius 2 is 1.63 bits per heavy atom. The lowest BCUT2D eigenvalue weighted by atomic mass is 9.87. The molecule has 0 aliphatic carbocycles.